The molecule has 5 nitrogen and oxygen atoms in total. The van der Waals surface area contributed by atoms with Crippen LogP contribution < -0.4 is 16.0 Å². The largest absolute Gasteiger partial charge is 0.355 e. The third-order valence-corrected chi connectivity index (χ3v) is 7.48. The third-order valence-electron chi connectivity index (χ3n) is 6.23. The zero-order valence-electron chi connectivity index (χ0n) is 20.8. The van der Waals surface area contributed by atoms with E-state index in [9.17, 15) is 9.59 Å². The molecular weight excluding hydrogens is 430 g/mol. The van der Waals surface area contributed by atoms with Gasteiger partial charge < -0.3 is 10.6 Å². The number of unbranched alkanes of at least 4 members (excludes halogenated alkanes) is 12. The number of amides is 2. The van der Waals surface area contributed by atoms with E-state index in [1.54, 1.807) is 11.8 Å². The standard InChI is InChI=1S/C27H45N3O2S/c1-3-4-5-6-7-8-9-10-11-12-13-14-17-20-28-26(32)25-21-33-27(30-25)23-18-15-16-19-24(23)29-22(2)31/h15-16,18-19,25,27,30H,3-14,17,20-21H2,1-2H3,(H,28,32)(H,29,31)/t25-,27?/m0/s1. The summed E-state index contributed by atoms with van der Waals surface area (Å²) in [5, 5.41) is 9.42. The molecule has 1 saturated heterocycles. The van der Waals surface area contributed by atoms with Gasteiger partial charge in [0.05, 0.1) is 11.4 Å². The van der Waals surface area contributed by atoms with Gasteiger partial charge in [0, 0.05) is 30.5 Å². The summed E-state index contributed by atoms with van der Waals surface area (Å²) in [5.41, 5.74) is 1.83. The van der Waals surface area contributed by atoms with Crippen molar-refractivity contribution in [2.45, 2.75) is 109 Å². The molecule has 186 valence electrons. The number of hydrogen-bond donors (Lipinski definition) is 3. The smallest absolute Gasteiger partial charge is 0.238 e. The second-order valence-electron chi connectivity index (χ2n) is 9.23. The van der Waals surface area contributed by atoms with E-state index < -0.39 is 0 Å². The summed E-state index contributed by atoms with van der Waals surface area (Å²) in [6.07, 6.45) is 17.3. The predicted octanol–water partition coefficient (Wildman–Crippen LogP) is 6.56. The Morgan fingerprint density at radius 2 is 1.48 bits per heavy atom. The van der Waals surface area contributed by atoms with Gasteiger partial charge in [-0.05, 0) is 12.5 Å². The Hall–Kier alpha value is -1.53. The quantitative estimate of drug-likeness (QED) is 0.223. The van der Waals surface area contributed by atoms with E-state index in [2.05, 4.69) is 22.9 Å². The molecule has 6 heteroatoms. The summed E-state index contributed by atoms with van der Waals surface area (Å²) in [6.45, 7) is 4.54. The van der Waals surface area contributed by atoms with Crippen molar-refractivity contribution < 1.29 is 9.59 Å². The van der Waals surface area contributed by atoms with Gasteiger partial charge in [-0.15, -0.1) is 11.8 Å². The molecule has 0 aromatic heterocycles. The molecule has 1 fully saturated rings. The van der Waals surface area contributed by atoms with Gasteiger partial charge in [0.2, 0.25) is 11.8 Å². The Labute approximate surface area is 205 Å². The molecule has 1 aliphatic rings. The number of nitrogens with one attached hydrogen (secondary N) is 3. The van der Waals surface area contributed by atoms with E-state index in [4.69, 9.17) is 0 Å². The van der Waals surface area contributed by atoms with Gasteiger partial charge in [-0.2, -0.15) is 0 Å². The van der Waals surface area contributed by atoms with Gasteiger partial charge in [-0.1, -0.05) is 102 Å². The normalized spacial score (nSPS) is 17.8. The molecule has 1 aromatic rings. The van der Waals surface area contributed by atoms with Crippen LogP contribution in [0.2, 0.25) is 0 Å². The van der Waals surface area contributed by atoms with E-state index in [0.717, 1.165) is 30.0 Å². The maximum Gasteiger partial charge on any atom is 0.238 e. The Balaban J connectivity index is 1.50. The molecule has 1 aliphatic heterocycles. The molecule has 0 radical (unpaired) electrons. The van der Waals surface area contributed by atoms with Crippen molar-refractivity contribution in [3.8, 4) is 0 Å². The van der Waals surface area contributed by atoms with Gasteiger partial charge in [0.1, 0.15) is 0 Å². The number of carbonyl (C=O) groups is 2. The Morgan fingerprint density at radius 3 is 2.09 bits per heavy atom. The molecule has 0 saturated carbocycles. The van der Waals surface area contributed by atoms with Crippen LogP contribution in [0, 0.1) is 0 Å². The van der Waals surface area contributed by atoms with Gasteiger partial charge in [-0.25, -0.2) is 0 Å². The van der Waals surface area contributed by atoms with E-state index in [0.29, 0.717) is 0 Å². The number of para-hydroxylation sites is 1. The van der Waals surface area contributed by atoms with Gasteiger partial charge >= 0.3 is 0 Å². The van der Waals surface area contributed by atoms with Crippen LogP contribution in [-0.4, -0.2) is 30.2 Å². The molecule has 2 amide bonds. The zero-order chi connectivity index (χ0) is 23.7. The van der Waals surface area contributed by atoms with E-state index in [-0.39, 0.29) is 23.2 Å². The first-order valence-electron chi connectivity index (χ1n) is 13.1. The van der Waals surface area contributed by atoms with Crippen LogP contribution in [0.4, 0.5) is 5.69 Å². The van der Waals surface area contributed by atoms with Gasteiger partial charge in [0.15, 0.2) is 0 Å². The highest BCUT2D eigenvalue weighted by molar-refractivity contribution is 7.99. The lowest BCUT2D eigenvalue weighted by atomic mass is 10.0. The number of benzene rings is 1. The second kappa shape index (κ2) is 17.0. The topological polar surface area (TPSA) is 70.2 Å². The van der Waals surface area contributed by atoms with Gasteiger partial charge in [-0.3, -0.25) is 14.9 Å². The molecule has 2 atom stereocenters. The highest BCUT2D eigenvalue weighted by Gasteiger charge is 2.31. The number of anilines is 1. The molecule has 3 N–H and O–H groups in total. The molecule has 1 heterocycles. The van der Waals surface area contributed by atoms with Crippen LogP contribution in [0.5, 0.6) is 0 Å². The van der Waals surface area contributed by atoms with Crippen LogP contribution in [0.15, 0.2) is 24.3 Å². The molecule has 0 spiro atoms. The summed E-state index contributed by atoms with van der Waals surface area (Å²) in [6, 6.07) is 7.59. The first kappa shape index (κ1) is 27.7. The monoisotopic (exact) mass is 475 g/mol. The average molecular weight is 476 g/mol. The van der Waals surface area contributed by atoms with Crippen LogP contribution in [0.25, 0.3) is 0 Å². The Kier molecular flexibility index (Phi) is 14.3. The molecule has 2 rings (SSSR count). The van der Waals surface area contributed by atoms with Crippen molar-refractivity contribution >= 4 is 29.3 Å². The lowest BCUT2D eigenvalue weighted by Crippen LogP contribution is -2.42. The molecule has 0 bridgehead atoms. The highest BCUT2D eigenvalue weighted by Crippen LogP contribution is 2.36. The van der Waals surface area contributed by atoms with Crippen LogP contribution in [-0.2, 0) is 9.59 Å². The maximum atomic E-state index is 12.5. The third kappa shape index (κ3) is 11.4. The Morgan fingerprint density at radius 1 is 0.909 bits per heavy atom. The van der Waals surface area contributed by atoms with Crippen molar-refractivity contribution in [2.75, 3.05) is 17.6 Å². The maximum absolute atomic E-state index is 12.5. The molecular formula is C27H45N3O2S. The van der Waals surface area contributed by atoms with Crippen molar-refractivity contribution in [3.63, 3.8) is 0 Å². The summed E-state index contributed by atoms with van der Waals surface area (Å²) in [4.78, 5) is 24.0. The van der Waals surface area contributed by atoms with Crippen molar-refractivity contribution in [3.05, 3.63) is 29.8 Å². The SMILES string of the molecule is CCCCCCCCCCCCCCCNC(=O)[C@@H]1CSC(c2ccccc2NC(C)=O)N1. The molecule has 1 unspecified atom stereocenters. The fraction of sp³-hybridized carbons (Fsp3) is 0.704. The fourth-order valence-corrected chi connectivity index (χ4v) is 5.59. The minimum atomic E-state index is -0.188. The molecule has 0 aliphatic carbocycles. The lowest BCUT2D eigenvalue weighted by Gasteiger charge is -2.17. The predicted molar refractivity (Wildman–Crippen MR) is 142 cm³/mol. The number of carbonyl (C=O) groups excluding carboxylic acids is 2. The van der Waals surface area contributed by atoms with E-state index in [1.807, 2.05) is 24.3 Å². The lowest BCUT2D eigenvalue weighted by molar-refractivity contribution is -0.122. The number of hydrogen-bond acceptors (Lipinski definition) is 4. The van der Waals surface area contributed by atoms with Crippen molar-refractivity contribution in [1.29, 1.82) is 0 Å². The second-order valence-corrected chi connectivity index (χ2v) is 10.4. The van der Waals surface area contributed by atoms with E-state index >= 15 is 0 Å². The van der Waals surface area contributed by atoms with Crippen molar-refractivity contribution in [2.24, 2.45) is 0 Å². The summed E-state index contributed by atoms with van der Waals surface area (Å²) in [7, 11) is 0. The van der Waals surface area contributed by atoms with Crippen LogP contribution >= 0.6 is 11.8 Å². The average Bonchev–Trinajstić information content (AvgIpc) is 3.29. The van der Waals surface area contributed by atoms with Gasteiger partial charge in [0.25, 0.3) is 0 Å². The zero-order valence-corrected chi connectivity index (χ0v) is 21.6. The highest BCUT2D eigenvalue weighted by atomic mass is 32.2. The molecule has 1 aromatic carbocycles. The molecule has 33 heavy (non-hydrogen) atoms. The summed E-state index contributed by atoms with van der Waals surface area (Å²) >= 11 is 1.71. The van der Waals surface area contributed by atoms with E-state index in [1.165, 1.54) is 84.0 Å². The van der Waals surface area contributed by atoms with Crippen molar-refractivity contribution in [1.82, 2.24) is 10.6 Å². The first-order valence-corrected chi connectivity index (χ1v) is 14.2. The minimum Gasteiger partial charge on any atom is -0.355 e. The minimum absolute atomic E-state index is 0.0140. The fourth-order valence-electron chi connectivity index (χ4n) is 4.31. The first-order chi connectivity index (χ1) is 16.1. The van der Waals surface area contributed by atoms with Crippen LogP contribution in [0.3, 0.4) is 0 Å². The number of rotatable bonds is 17. The summed E-state index contributed by atoms with van der Waals surface area (Å²) < 4.78 is 0. The van der Waals surface area contributed by atoms with Crippen LogP contribution in [0.1, 0.15) is 108 Å². The summed E-state index contributed by atoms with van der Waals surface area (Å²) in [5.74, 6) is 0.738. The number of thioether (sulfide) groups is 1. The Bertz CT molecular complexity index is 698.